The van der Waals surface area contributed by atoms with Gasteiger partial charge in [0.15, 0.2) is 6.10 Å². The minimum Gasteiger partial charge on any atom is -0.481 e. The van der Waals surface area contributed by atoms with E-state index in [1.807, 2.05) is 31.2 Å². The molecule has 1 aromatic carbocycles. The van der Waals surface area contributed by atoms with Crippen LogP contribution in [0.4, 0.5) is 0 Å². The fourth-order valence-electron chi connectivity index (χ4n) is 2.30. The highest BCUT2D eigenvalue weighted by atomic mass is 16.5. The first-order valence-electron chi connectivity index (χ1n) is 7.95. The van der Waals surface area contributed by atoms with Gasteiger partial charge < -0.3 is 9.26 Å². The van der Waals surface area contributed by atoms with Gasteiger partial charge in [-0.1, -0.05) is 38.1 Å². The molecule has 0 saturated heterocycles. The number of ether oxygens (including phenoxy) is 1. The predicted molar refractivity (Wildman–Crippen MR) is 91.7 cm³/mol. The number of hydrogen-bond acceptors (Lipinski definition) is 5. The summed E-state index contributed by atoms with van der Waals surface area (Å²) >= 11 is 0. The first-order chi connectivity index (χ1) is 11.4. The van der Waals surface area contributed by atoms with Crippen LogP contribution in [0.3, 0.4) is 0 Å². The van der Waals surface area contributed by atoms with Crippen LogP contribution < -0.4 is 4.74 Å². The van der Waals surface area contributed by atoms with Gasteiger partial charge in [0, 0.05) is 18.0 Å². The van der Waals surface area contributed by atoms with Gasteiger partial charge in [0.2, 0.25) is 5.82 Å². The minimum absolute atomic E-state index is 0.120. The molecule has 0 amide bonds. The Hall–Kier alpha value is -2.69. The number of pyridine rings is 1. The summed E-state index contributed by atoms with van der Waals surface area (Å²) in [6.45, 7) is 8.44. The van der Waals surface area contributed by atoms with Crippen LogP contribution in [0.15, 0.2) is 53.3 Å². The topological polar surface area (TPSA) is 61.0 Å². The molecule has 3 rings (SSSR count). The predicted octanol–water partition coefficient (Wildman–Crippen LogP) is 4.57. The lowest BCUT2D eigenvalue weighted by atomic mass is 9.87. The second kappa shape index (κ2) is 6.43. The van der Waals surface area contributed by atoms with Gasteiger partial charge in [0.25, 0.3) is 5.89 Å². The molecule has 0 fully saturated rings. The van der Waals surface area contributed by atoms with Crippen molar-refractivity contribution in [2.24, 2.45) is 0 Å². The molecule has 0 spiro atoms. The number of rotatable bonds is 4. The van der Waals surface area contributed by atoms with E-state index in [4.69, 9.17) is 9.26 Å². The molecule has 2 aromatic heterocycles. The van der Waals surface area contributed by atoms with Crippen LogP contribution in [0.25, 0.3) is 11.4 Å². The lowest BCUT2D eigenvalue weighted by Crippen LogP contribution is -2.10. The number of nitrogens with zero attached hydrogens (tertiary/aromatic N) is 3. The zero-order valence-corrected chi connectivity index (χ0v) is 14.4. The summed E-state index contributed by atoms with van der Waals surface area (Å²) in [6.07, 6.45) is 3.08. The first kappa shape index (κ1) is 16.2. The molecule has 0 bridgehead atoms. The maximum atomic E-state index is 5.91. The van der Waals surface area contributed by atoms with E-state index in [1.54, 1.807) is 12.4 Å². The molecule has 3 aromatic rings. The Balaban J connectivity index is 1.71. The molecule has 0 aliphatic rings. The largest absolute Gasteiger partial charge is 0.481 e. The molecular weight excluding hydrogens is 302 g/mol. The van der Waals surface area contributed by atoms with Crippen LogP contribution in [-0.4, -0.2) is 15.1 Å². The van der Waals surface area contributed by atoms with Crippen LogP contribution in [-0.2, 0) is 5.41 Å². The van der Waals surface area contributed by atoms with E-state index in [2.05, 4.69) is 48.0 Å². The van der Waals surface area contributed by atoms with Gasteiger partial charge in [0.05, 0.1) is 0 Å². The molecule has 0 saturated carbocycles. The zero-order chi connectivity index (χ0) is 17.2. The van der Waals surface area contributed by atoms with Crippen molar-refractivity contribution in [3.8, 4) is 17.1 Å². The average molecular weight is 323 g/mol. The minimum atomic E-state index is -0.330. The van der Waals surface area contributed by atoms with E-state index >= 15 is 0 Å². The van der Waals surface area contributed by atoms with Crippen molar-refractivity contribution in [2.75, 3.05) is 0 Å². The molecule has 0 aliphatic heterocycles. The fraction of sp³-hybridized carbons (Fsp3) is 0.316. The smallest absolute Gasteiger partial charge is 0.267 e. The van der Waals surface area contributed by atoms with Crippen LogP contribution in [0.2, 0.25) is 0 Å². The second-order valence-corrected chi connectivity index (χ2v) is 6.73. The monoisotopic (exact) mass is 323 g/mol. The Morgan fingerprint density at radius 1 is 1.08 bits per heavy atom. The van der Waals surface area contributed by atoms with Crippen molar-refractivity contribution in [1.29, 1.82) is 0 Å². The van der Waals surface area contributed by atoms with E-state index in [-0.39, 0.29) is 11.5 Å². The average Bonchev–Trinajstić information content (AvgIpc) is 3.05. The van der Waals surface area contributed by atoms with Crippen molar-refractivity contribution >= 4 is 0 Å². The third kappa shape index (κ3) is 3.62. The summed E-state index contributed by atoms with van der Waals surface area (Å²) in [5.74, 6) is 1.72. The normalized spacial score (nSPS) is 12.8. The fourth-order valence-corrected chi connectivity index (χ4v) is 2.30. The summed E-state index contributed by atoms with van der Waals surface area (Å²) in [7, 11) is 0. The Kier molecular flexibility index (Phi) is 4.34. The van der Waals surface area contributed by atoms with Gasteiger partial charge >= 0.3 is 0 Å². The van der Waals surface area contributed by atoms with Crippen molar-refractivity contribution in [1.82, 2.24) is 15.1 Å². The molecule has 124 valence electrons. The van der Waals surface area contributed by atoms with Gasteiger partial charge in [-0.05, 0) is 42.2 Å². The van der Waals surface area contributed by atoms with Crippen LogP contribution in [0, 0.1) is 0 Å². The summed E-state index contributed by atoms with van der Waals surface area (Å²) < 4.78 is 11.2. The lowest BCUT2D eigenvalue weighted by Gasteiger charge is -2.19. The molecule has 1 atom stereocenters. The number of benzene rings is 1. The van der Waals surface area contributed by atoms with Gasteiger partial charge in [-0.25, -0.2) is 0 Å². The molecule has 0 N–H and O–H groups in total. The molecule has 1 unspecified atom stereocenters. The molecule has 0 aliphatic carbocycles. The number of hydrogen-bond donors (Lipinski definition) is 0. The third-order valence-electron chi connectivity index (χ3n) is 3.74. The Bertz CT molecular complexity index is 789. The van der Waals surface area contributed by atoms with Crippen LogP contribution >= 0.6 is 0 Å². The maximum absolute atomic E-state index is 5.91. The van der Waals surface area contributed by atoms with E-state index < -0.39 is 0 Å². The highest BCUT2D eigenvalue weighted by Crippen LogP contribution is 2.27. The molecule has 5 nitrogen and oxygen atoms in total. The Labute approximate surface area is 141 Å². The third-order valence-corrected chi connectivity index (χ3v) is 3.74. The summed E-state index contributed by atoms with van der Waals surface area (Å²) in [4.78, 5) is 8.45. The van der Waals surface area contributed by atoms with E-state index in [0.29, 0.717) is 11.7 Å². The second-order valence-electron chi connectivity index (χ2n) is 6.73. The molecule has 24 heavy (non-hydrogen) atoms. The highest BCUT2D eigenvalue weighted by Gasteiger charge is 2.18. The molecular formula is C19H21N3O2. The standard InChI is InChI=1S/C19H21N3O2/c1-13(23-16-9-7-15(8-10-16)19(2,3)4)18-21-17(22-24-18)14-6-5-11-20-12-14/h5-13H,1-4H3. The van der Waals surface area contributed by atoms with Crippen molar-refractivity contribution in [3.05, 3.63) is 60.2 Å². The van der Waals surface area contributed by atoms with Gasteiger partial charge in [-0.3, -0.25) is 4.98 Å². The van der Waals surface area contributed by atoms with Gasteiger partial charge in [0.1, 0.15) is 5.75 Å². The maximum Gasteiger partial charge on any atom is 0.267 e. The molecule has 5 heteroatoms. The quantitative estimate of drug-likeness (QED) is 0.704. The first-order valence-corrected chi connectivity index (χ1v) is 7.95. The molecule has 2 heterocycles. The number of aromatic nitrogens is 3. The van der Waals surface area contributed by atoms with Crippen molar-refractivity contribution in [3.63, 3.8) is 0 Å². The highest BCUT2D eigenvalue weighted by molar-refractivity contribution is 5.51. The summed E-state index contributed by atoms with van der Waals surface area (Å²) in [5, 5.41) is 3.99. The van der Waals surface area contributed by atoms with E-state index in [1.165, 1.54) is 5.56 Å². The molecule has 0 radical (unpaired) electrons. The van der Waals surface area contributed by atoms with Gasteiger partial charge in [-0.15, -0.1) is 0 Å². The van der Waals surface area contributed by atoms with E-state index in [0.717, 1.165) is 11.3 Å². The van der Waals surface area contributed by atoms with Crippen LogP contribution in [0.1, 0.15) is 45.3 Å². The Morgan fingerprint density at radius 3 is 2.46 bits per heavy atom. The Morgan fingerprint density at radius 2 is 1.83 bits per heavy atom. The zero-order valence-electron chi connectivity index (χ0n) is 14.4. The SMILES string of the molecule is CC(Oc1ccc(C(C)(C)C)cc1)c1nc(-c2cccnc2)no1. The van der Waals surface area contributed by atoms with Crippen molar-refractivity contribution < 1.29 is 9.26 Å². The summed E-state index contributed by atoms with van der Waals surface area (Å²) in [6, 6.07) is 11.8. The van der Waals surface area contributed by atoms with E-state index in [9.17, 15) is 0 Å². The summed E-state index contributed by atoms with van der Waals surface area (Å²) in [5.41, 5.74) is 2.20. The van der Waals surface area contributed by atoms with Crippen molar-refractivity contribution in [2.45, 2.75) is 39.2 Å². The van der Waals surface area contributed by atoms with Gasteiger partial charge in [-0.2, -0.15) is 4.98 Å². The van der Waals surface area contributed by atoms with Crippen LogP contribution in [0.5, 0.6) is 5.75 Å². The lowest BCUT2D eigenvalue weighted by molar-refractivity contribution is 0.175.